The van der Waals surface area contributed by atoms with Crippen molar-refractivity contribution in [3.63, 3.8) is 0 Å². The minimum Gasteiger partial charge on any atom is -0.382 e. The maximum absolute atomic E-state index is 11.5. The molecule has 0 fully saturated rings. The molecule has 0 atom stereocenters. The number of fused-ring (bicyclic) bond motifs is 2. The molecule has 4 N–H and O–H groups in total. The van der Waals surface area contributed by atoms with Crippen LogP contribution in [0, 0.1) is 0 Å². The van der Waals surface area contributed by atoms with E-state index in [1.54, 1.807) is 13.4 Å². The molecule has 132 valence electrons. The van der Waals surface area contributed by atoms with Gasteiger partial charge < -0.3 is 20.6 Å². The van der Waals surface area contributed by atoms with Crippen LogP contribution >= 0.6 is 0 Å². The van der Waals surface area contributed by atoms with Crippen LogP contribution in [0.5, 0.6) is 0 Å². The van der Waals surface area contributed by atoms with Crippen LogP contribution in [0.15, 0.2) is 37.1 Å². The summed E-state index contributed by atoms with van der Waals surface area (Å²) in [5.41, 5.74) is 10.5. The second kappa shape index (κ2) is 6.47. The van der Waals surface area contributed by atoms with Gasteiger partial charge in [0, 0.05) is 25.1 Å². The number of para-hydroxylation sites is 1. The number of benzene rings is 1. The molecule has 0 saturated heterocycles. The average Bonchev–Trinajstić information content (AvgIpc) is 3.26. The highest BCUT2D eigenvalue weighted by Gasteiger charge is 2.12. The first kappa shape index (κ1) is 16.1. The molecule has 4 rings (SSSR count). The number of nitrogen functional groups attached to an aromatic ring is 1. The van der Waals surface area contributed by atoms with Crippen LogP contribution in [0.2, 0.25) is 0 Å². The number of nitrogens with zero attached hydrogens (tertiary/aromatic N) is 4. The zero-order chi connectivity index (χ0) is 18.1. The van der Waals surface area contributed by atoms with Crippen LogP contribution in [0.3, 0.4) is 0 Å². The number of aromatic nitrogens is 5. The molecule has 4 aromatic rings. The molecule has 0 unspecified atom stereocenters. The van der Waals surface area contributed by atoms with E-state index in [0.29, 0.717) is 36.4 Å². The normalized spacial score (nSPS) is 11.3. The Labute approximate surface area is 149 Å². The Balaban J connectivity index is 1.67. The van der Waals surface area contributed by atoms with Gasteiger partial charge in [-0.3, -0.25) is 4.79 Å². The van der Waals surface area contributed by atoms with E-state index in [4.69, 9.17) is 5.73 Å². The summed E-state index contributed by atoms with van der Waals surface area (Å²) in [7, 11) is 1.65. The Morgan fingerprint density at radius 2 is 2.15 bits per heavy atom. The molecule has 3 aromatic heterocycles. The molecular formula is C18H19N7O. The van der Waals surface area contributed by atoms with Crippen molar-refractivity contribution in [2.45, 2.75) is 19.4 Å². The van der Waals surface area contributed by atoms with Crippen molar-refractivity contribution in [3.05, 3.63) is 48.2 Å². The number of anilines is 1. The molecule has 0 saturated carbocycles. The summed E-state index contributed by atoms with van der Waals surface area (Å²) in [5.74, 6) is 0.418. The maximum atomic E-state index is 11.5. The minimum atomic E-state index is 0.0395. The first-order valence-corrected chi connectivity index (χ1v) is 8.37. The lowest BCUT2D eigenvalue weighted by Crippen LogP contribution is -2.17. The van der Waals surface area contributed by atoms with Gasteiger partial charge in [-0.1, -0.05) is 18.2 Å². The standard InChI is InChI=1S/C18H19N7O/c1-20-14(26)6-5-11-7-21-15-12(3-2-4-13(11)15)8-25-10-24-16-17(19)22-9-23-18(16)25/h2-4,7,9-10,21H,5-6,8H2,1H3,(H,20,26)(H2,19,22,23). The SMILES string of the molecule is CNC(=O)CCc1c[nH]c2c(Cn3cnc4c(N)ncnc43)cccc12. The van der Waals surface area contributed by atoms with E-state index in [-0.39, 0.29) is 5.91 Å². The van der Waals surface area contributed by atoms with Gasteiger partial charge in [0.25, 0.3) is 0 Å². The lowest BCUT2D eigenvalue weighted by Gasteiger charge is -2.06. The van der Waals surface area contributed by atoms with Crippen molar-refractivity contribution in [2.24, 2.45) is 0 Å². The fourth-order valence-corrected chi connectivity index (χ4v) is 3.19. The maximum Gasteiger partial charge on any atom is 0.220 e. The predicted octanol–water partition coefficient (Wildman–Crippen LogP) is 1.62. The Morgan fingerprint density at radius 1 is 1.27 bits per heavy atom. The molecule has 0 bridgehead atoms. The molecule has 0 aliphatic heterocycles. The van der Waals surface area contributed by atoms with Crippen LogP contribution in [-0.2, 0) is 17.8 Å². The lowest BCUT2D eigenvalue weighted by atomic mass is 10.1. The van der Waals surface area contributed by atoms with Gasteiger partial charge >= 0.3 is 0 Å². The summed E-state index contributed by atoms with van der Waals surface area (Å²) in [4.78, 5) is 27.5. The summed E-state index contributed by atoms with van der Waals surface area (Å²) in [6.07, 6.45) is 6.31. The number of nitrogens with two attached hydrogens (primary N) is 1. The summed E-state index contributed by atoms with van der Waals surface area (Å²) < 4.78 is 1.95. The summed E-state index contributed by atoms with van der Waals surface area (Å²) in [6.45, 7) is 0.611. The van der Waals surface area contributed by atoms with Crippen molar-refractivity contribution in [3.8, 4) is 0 Å². The fraction of sp³-hybridized carbons (Fsp3) is 0.222. The zero-order valence-electron chi connectivity index (χ0n) is 14.4. The molecular weight excluding hydrogens is 330 g/mol. The number of nitrogens with one attached hydrogen (secondary N) is 2. The largest absolute Gasteiger partial charge is 0.382 e. The van der Waals surface area contributed by atoms with Crippen molar-refractivity contribution in [2.75, 3.05) is 12.8 Å². The number of aryl methyl sites for hydroxylation is 1. The first-order valence-electron chi connectivity index (χ1n) is 8.37. The monoisotopic (exact) mass is 349 g/mol. The number of amides is 1. The number of aromatic amines is 1. The first-order chi connectivity index (χ1) is 12.7. The number of carbonyl (C=O) groups excluding carboxylic acids is 1. The van der Waals surface area contributed by atoms with E-state index in [2.05, 4.69) is 37.4 Å². The smallest absolute Gasteiger partial charge is 0.220 e. The molecule has 1 aromatic carbocycles. The Hall–Kier alpha value is -3.42. The van der Waals surface area contributed by atoms with Crippen LogP contribution in [0.4, 0.5) is 5.82 Å². The van der Waals surface area contributed by atoms with E-state index in [0.717, 1.165) is 22.0 Å². The quantitative estimate of drug-likeness (QED) is 0.506. The number of carbonyl (C=O) groups is 1. The number of H-pyrrole nitrogens is 1. The predicted molar refractivity (Wildman–Crippen MR) is 99.5 cm³/mol. The van der Waals surface area contributed by atoms with Gasteiger partial charge in [-0.25, -0.2) is 15.0 Å². The van der Waals surface area contributed by atoms with E-state index in [1.165, 1.54) is 6.33 Å². The molecule has 1 amide bonds. The van der Waals surface area contributed by atoms with Crippen LogP contribution < -0.4 is 11.1 Å². The third kappa shape index (κ3) is 2.75. The van der Waals surface area contributed by atoms with Gasteiger partial charge in [-0.15, -0.1) is 0 Å². The van der Waals surface area contributed by atoms with Crippen LogP contribution in [-0.4, -0.2) is 37.5 Å². The van der Waals surface area contributed by atoms with Crippen molar-refractivity contribution < 1.29 is 4.79 Å². The zero-order valence-corrected chi connectivity index (χ0v) is 14.4. The second-order valence-electron chi connectivity index (χ2n) is 6.13. The molecule has 8 heteroatoms. The third-order valence-electron chi connectivity index (χ3n) is 4.56. The van der Waals surface area contributed by atoms with E-state index < -0.39 is 0 Å². The highest BCUT2D eigenvalue weighted by Crippen LogP contribution is 2.24. The van der Waals surface area contributed by atoms with E-state index in [9.17, 15) is 4.79 Å². The Bertz CT molecular complexity index is 1100. The van der Waals surface area contributed by atoms with Gasteiger partial charge in [0.1, 0.15) is 11.8 Å². The average molecular weight is 349 g/mol. The van der Waals surface area contributed by atoms with E-state index in [1.807, 2.05) is 16.8 Å². The van der Waals surface area contributed by atoms with Gasteiger partial charge in [0.05, 0.1) is 18.4 Å². The molecule has 8 nitrogen and oxygen atoms in total. The molecule has 0 aliphatic rings. The highest BCUT2D eigenvalue weighted by molar-refractivity contribution is 5.87. The van der Waals surface area contributed by atoms with Crippen molar-refractivity contribution in [1.82, 2.24) is 29.8 Å². The number of hydrogen-bond donors (Lipinski definition) is 3. The van der Waals surface area contributed by atoms with Gasteiger partial charge in [0.2, 0.25) is 5.91 Å². The summed E-state index contributed by atoms with van der Waals surface area (Å²) in [5, 5.41) is 3.79. The van der Waals surface area contributed by atoms with Crippen LogP contribution in [0.1, 0.15) is 17.5 Å². The van der Waals surface area contributed by atoms with Gasteiger partial charge in [0.15, 0.2) is 11.5 Å². The number of hydrogen-bond acceptors (Lipinski definition) is 5. The van der Waals surface area contributed by atoms with Crippen LogP contribution in [0.25, 0.3) is 22.1 Å². The molecule has 0 aliphatic carbocycles. The minimum absolute atomic E-state index is 0.0395. The summed E-state index contributed by atoms with van der Waals surface area (Å²) >= 11 is 0. The van der Waals surface area contributed by atoms with E-state index >= 15 is 0 Å². The lowest BCUT2D eigenvalue weighted by molar-refractivity contribution is -0.120. The Kier molecular flexibility index (Phi) is 4.00. The fourth-order valence-electron chi connectivity index (χ4n) is 3.19. The molecule has 0 radical (unpaired) electrons. The summed E-state index contributed by atoms with van der Waals surface area (Å²) in [6, 6.07) is 6.16. The third-order valence-corrected chi connectivity index (χ3v) is 4.56. The van der Waals surface area contributed by atoms with Gasteiger partial charge in [-0.2, -0.15) is 0 Å². The highest BCUT2D eigenvalue weighted by atomic mass is 16.1. The van der Waals surface area contributed by atoms with Crippen molar-refractivity contribution >= 4 is 33.8 Å². The second-order valence-corrected chi connectivity index (χ2v) is 6.13. The molecule has 26 heavy (non-hydrogen) atoms. The number of rotatable bonds is 5. The van der Waals surface area contributed by atoms with Gasteiger partial charge in [-0.05, 0) is 17.5 Å². The topological polar surface area (TPSA) is 115 Å². The molecule has 3 heterocycles. The van der Waals surface area contributed by atoms with Crippen molar-refractivity contribution in [1.29, 1.82) is 0 Å². The Morgan fingerprint density at radius 3 is 3.00 bits per heavy atom. The molecule has 0 spiro atoms. The number of imidazole rings is 1.